The highest BCUT2D eigenvalue weighted by Gasteiger charge is 2.62. The Morgan fingerprint density at radius 1 is 1.53 bits per heavy atom. The quantitative estimate of drug-likeness (QED) is 0.313. The predicted molar refractivity (Wildman–Crippen MR) is 69.4 cm³/mol. The largest absolute Gasteiger partial charge is 0.459 e. The zero-order valence-electron chi connectivity index (χ0n) is 11.2. The monoisotopic (exact) mass is 264 g/mol. The van der Waals surface area contributed by atoms with Crippen LogP contribution in [0.25, 0.3) is 0 Å². The Morgan fingerprint density at radius 3 is 3.11 bits per heavy atom. The summed E-state index contributed by atoms with van der Waals surface area (Å²) >= 11 is 0. The van der Waals surface area contributed by atoms with Gasteiger partial charge in [-0.1, -0.05) is 18.2 Å². The molecule has 0 aromatic rings. The van der Waals surface area contributed by atoms with E-state index in [1.54, 1.807) is 0 Å². The van der Waals surface area contributed by atoms with Crippen LogP contribution in [0.4, 0.5) is 0 Å². The molecule has 3 rings (SSSR count). The van der Waals surface area contributed by atoms with Gasteiger partial charge in [-0.25, -0.2) is 4.79 Å². The number of ether oxygens (including phenoxy) is 2. The number of cyclic esters (lactones) is 1. The molecule has 4 atom stereocenters. The first-order chi connectivity index (χ1) is 9.03. The average Bonchev–Trinajstić information content (AvgIpc) is 3.09. The molecule has 4 nitrogen and oxygen atoms in total. The van der Waals surface area contributed by atoms with Crippen molar-refractivity contribution < 1.29 is 19.4 Å². The van der Waals surface area contributed by atoms with E-state index in [-0.39, 0.29) is 24.6 Å². The standard InChI is InChI=1S/C15H20O4/c1-9-4-3-7-15-8-18-14(17)10(2)11(6-5-9)12(16)13(15)19-15/h4,11-13,16H,2-3,5-8H2,1H3/t11-,12-,13+,15-/m0/s1. The van der Waals surface area contributed by atoms with Crippen LogP contribution in [0, 0.1) is 5.92 Å². The molecule has 104 valence electrons. The molecular formula is C15H20O4. The van der Waals surface area contributed by atoms with Crippen LogP contribution in [0.15, 0.2) is 23.8 Å². The van der Waals surface area contributed by atoms with Crippen molar-refractivity contribution in [1.82, 2.24) is 0 Å². The molecule has 19 heavy (non-hydrogen) atoms. The molecule has 0 aromatic heterocycles. The molecule has 3 aliphatic rings. The lowest BCUT2D eigenvalue weighted by atomic mass is 9.81. The first-order valence-corrected chi connectivity index (χ1v) is 6.91. The predicted octanol–water partition coefficient (Wildman–Crippen LogP) is 1.73. The molecule has 2 bridgehead atoms. The Morgan fingerprint density at radius 2 is 2.32 bits per heavy atom. The normalized spacial score (nSPS) is 42.6. The summed E-state index contributed by atoms with van der Waals surface area (Å²) < 4.78 is 11.0. The van der Waals surface area contributed by atoms with Crippen LogP contribution in [0.3, 0.4) is 0 Å². The number of aliphatic hydroxyl groups is 1. The van der Waals surface area contributed by atoms with Crippen LogP contribution >= 0.6 is 0 Å². The summed E-state index contributed by atoms with van der Waals surface area (Å²) in [6, 6.07) is 0. The van der Waals surface area contributed by atoms with Gasteiger partial charge in [0.15, 0.2) is 0 Å². The minimum atomic E-state index is -0.647. The lowest BCUT2D eigenvalue weighted by Gasteiger charge is -2.28. The summed E-state index contributed by atoms with van der Waals surface area (Å²) in [5.41, 5.74) is 1.21. The molecule has 0 spiro atoms. The van der Waals surface area contributed by atoms with E-state index in [1.807, 2.05) is 0 Å². The van der Waals surface area contributed by atoms with Gasteiger partial charge >= 0.3 is 5.97 Å². The Bertz CT molecular complexity index is 453. The van der Waals surface area contributed by atoms with Gasteiger partial charge in [-0.3, -0.25) is 0 Å². The molecule has 2 fully saturated rings. The first-order valence-electron chi connectivity index (χ1n) is 6.91. The molecular weight excluding hydrogens is 244 g/mol. The summed E-state index contributed by atoms with van der Waals surface area (Å²) in [5.74, 6) is -0.652. The van der Waals surface area contributed by atoms with Gasteiger partial charge in [0.05, 0.1) is 6.10 Å². The first kappa shape index (κ1) is 12.9. The number of carbonyl (C=O) groups is 1. The van der Waals surface area contributed by atoms with Crippen molar-refractivity contribution in [1.29, 1.82) is 0 Å². The third-order valence-electron chi connectivity index (χ3n) is 4.61. The third kappa shape index (κ3) is 2.13. The summed E-state index contributed by atoms with van der Waals surface area (Å²) in [6.07, 6.45) is 4.64. The lowest BCUT2D eigenvalue weighted by Crippen LogP contribution is -2.40. The summed E-state index contributed by atoms with van der Waals surface area (Å²) in [6.45, 7) is 6.14. The molecule has 0 saturated carbocycles. The zero-order chi connectivity index (χ0) is 13.6. The Hall–Kier alpha value is -1.13. The number of fused-ring (bicyclic) bond motifs is 1. The minimum absolute atomic E-state index is 0.214. The molecule has 0 aromatic carbocycles. The molecule has 1 aliphatic carbocycles. The van der Waals surface area contributed by atoms with Gasteiger partial charge in [0, 0.05) is 11.5 Å². The molecule has 0 amide bonds. The smallest absolute Gasteiger partial charge is 0.333 e. The third-order valence-corrected chi connectivity index (χ3v) is 4.61. The SMILES string of the molecule is C=C1C(=O)OC[C@@]23CCC=C(C)CC[C@@H]1[C@H](O)[C@H]2O3. The van der Waals surface area contributed by atoms with Crippen LogP contribution in [0.5, 0.6) is 0 Å². The van der Waals surface area contributed by atoms with Gasteiger partial charge in [0.25, 0.3) is 0 Å². The fourth-order valence-electron chi connectivity index (χ4n) is 3.23. The van der Waals surface area contributed by atoms with Crippen molar-refractivity contribution in [3.63, 3.8) is 0 Å². The van der Waals surface area contributed by atoms with Crippen LogP contribution in [0.1, 0.15) is 32.6 Å². The minimum Gasteiger partial charge on any atom is -0.459 e. The Labute approximate surface area is 113 Å². The second kappa shape index (κ2) is 4.46. The Balaban J connectivity index is 1.95. The van der Waals surface area contributed by atoms with E-state index in [0.717, 1.165) is 19.3 Å². The van der Waals surface area contributed by atoms with Crippen molar-refractivity contribution in [2.75, 3.05) is 6.61 Å². The second-order valence-electron chi connectivity index (χ2n) is 5.93. The molecule has 2 aliphatic heterocycles. The maximum absolute atomic E-state index is 11.9. The number of hydrogen-bond donors (Lipinski definition) is 1. The van der Waals surface area contributed by atoms with Gasteiger partial charge in [-0.2, -0.15) is 0 Å². The topological polar surface area (TPSA) is 59.1 Å². The van der Waals surface area contributed by atoms with Crippen molar-refractivity contribution in [3.8, 4) is 0 Å². The number of aliphatic hydroxyl groups excluding tert-OH is 1. The number of allylic oxidation sites excluding steroid dienone is 2. The lowest BCUT2D eigenvalue weighted by molar-refractivity contribution is -0.142. The molecule has 1 N–H and O–H groups in total. The molecule has 0 unspecified atom stereocenters. The van der Waals surface area contributed by atoms with E-state index in [0.29, 0.717) is 12.0 Å². The average molecular weight is 264 g/mol. The highest BCUT2D eigenvalue weighted by Crippen LogP contribution is 2.48. The van der Waals surface area contributed by atoms with Crippen LogP contribution in [-0.4, -0.2) is 35.5 Å². The van der Waals surface area contributed by atoms with E-state index >= 15 is 0 Å². The Kier molecular flexibility index (Phi) is 3.02. The van der Waals surface area contributed by atoms with Crippen molar-refractivity contribution in [2.24, 2.45) is 5.92 Å². The van der Waals surface area contributed by atoms with E-state index in [1.165, 1.54) is 5.57 Å². The van der Waals surface area contributed by atoms with E-state index in [4.69, 9.17) is 9.47 Å². The number of esters is 1. The van der Waals surface area contributed by atoms with E-state index in [9.17, 15) is 9.90 Å². The molecule has 2 heterocycles. The van der Waals surface area contributed by atoms with Gasteiger partial charge in [-0.05, 0) is 32.6 Å². The number of hydrogen-bond acceptors (Lipinski definition) is 4. The van der Waals surface area contributed by atoms with Crippen molar-refractivity contribution >= 4 is 5.97 Å². The number of rotatable bonds is 0. The van der Waals surface area contributed by atoms with E-state index < -0.39 is 11.7 Å². The molecule has 2 saturated heterocycles. The fraction of sp³-hybridized carbons (Fsp3) is 0.667. The molecule has 0 radical (unpaired) electrons. The fourth-order valence-corrected chi connectivity index (χ4v) is 3.23. The van der Waals surface area contributed by atoms with E-state index in [2.05, 4.69) is 19.6 Å². The highest BCUT2D eigenvalue weighted by atomic mass is 16.7. The van der Waals surface area contributed by atoms with Gasteiger partial charge < -0.3 is 14.6 Å². The highest BCUT2D eigenvalue weighted by molar-refractivity contribution is 5.88. The summed E-state index contributed by atoms with van der Waals surface area (Å²) in [4.78, 5) is 11.9. The van der Waals surface area contributed by atoms with Gasteiger partial charge in [0.1, 0.15) is 18.3 Å². The zero-order valence-corrected chi connectivity index (χ0v) is 11.2. The van der Waals surface area contributed by atoms with Gasteiger partial charge in [0.2, 0.25) is 0 Å². The number of carbonyl (C=O) groups excluding carboxylic acids is 1. The van der Waals surface area contributed by atoms with Crippen LogP contribution < -0.4 is 0 Å². The maximum Gasteiger partial charge on any atom is 0.333 e. The van der Waals surface area contributed by atoms with Crippen LogP contribution in [-0.2, 0) is 14.3 Å². The number of epoxide rings is 1. The summed E-state index contributed by atoms with van der Waals surface area (Å²) in [7, 11) is 0. The summed E-state index contributed by atoms with van der Waals surface area (Å²) in [5, 5.41) is 10.5. The second-order valence-corrected chi connectivity index (χ2v) is 5.93. The maximum atomic E-state index is 11.9. The van der Waals surface area contributed by atoms with Gasteiger partial charge in [-0.15, -0.1) is 0 Å². The van der Waals surface area contributed by atoms with Crippen molar-refractivity contribution in [3.05, 3.63) is 23.8 Å². The van der Waals surface area contributed by atoms with Crippen LogP contribution in [0.2, 0.25) is 0 Å². The van der Waals surface area contributed by atoms with Crippen molar-refractivity contribution in [2.45, 2.75) is 50.4 Å². The molecule has 4 heteroatoms.